The third-order valence-corrected chi connectivity index (χ3v) is 5.44. The van der Waals surface area contributed by atoms with E-state index in [1.54, 1.807) is 0 Å². The van der Waals surface area contributed by atoms with Gasteiger partial charge in [0.2, 0.25) is 0 Å². The number of rotatable bonds is 4. The van der Waals surface area contributed by atoms with E-state index in [9.17, 15) is 4.79 Å². The van der Waals surface area contributed by atoms with Crippen LogP contribution in [0.4, 0.5) is 5.69 Å². The van der Waals surface area contributed by atoms with Crippen LogP contribution in [0.5, 0.6) is 0 Å². The van der Waals surface area contributed by atoms with Gasteiger partial charge in [0.05, 0.1) is 11.4 Å². The smallest absolute Gasteiger partial charge is 0.263 e. The van der Waals surface area contributed by atoms with Crippen LogP contribution >= 0.6 is 11.3 Å². The van der Waals surface area contributed by atoms with Crippen molar-refractivity contribution in [2.75, 3.05) is 12.3 Å². The molecule has 112 valence electrons. The Hall–Kier alpha value is -1.69. The van der Waals surface area contributed by atoms with Crippen LogP contribution in [0.15, 0.2) is 0 Å². The number of aromatic nitrogens is 2. The molecule has 0 saturated heterocycles. The molecule has 3 N–H and O–H groups in total. The summed E-state index contributed by atoms with van der Waals surface area (Å²) in [6, 6.07) is 0. The maximum atomic E-state index is 12.3. The van der Waals surface area contributed by atoms with E-state index in [-0.39, 0.29) is 5.91 Å². The van der Waals surface area contributed by atoms with Gasteiger partial charge in [-0.15, -0.1) is 16.4 Å². The Balaban J connectivity index is 1.84. The third kappa shape index (κ3) is 2.60. The molecule has 2 aromatic rings. The number of anilines is 1. The zero-order valence-electron chi connectivity index (χ0n) is 12.6. The molecule has 3 rings (SSSR count). The van der Waals surface area contributed by atoms with Crippen LogP contribution in [-0.2, 0) is 0 Å². The van der Waals surface area contributed by atoms with Gasteiger partial charge in [0, 0.05) is 11.9 Å². The van der Waals surface area contributed by atoms with Gasteiger partial charge < -0.3 is 11.1 Å². The number of carbonyl (C=O) groups excluding carboxylic acids is 1. The second-order valence-corrected chi connectivity index (χ2v) is 6.96. The van der Waals surface area contributed by atoms with Crippen LogP contribution in [0.2, 0.25) is 0 Å². The van der Waals surface area contributed by atoms with E-state index >= 15 is 0 Å². The Morgan fingerprint density at radius 1 is 1.43 bits per heavy atom. The zero-order valence-corrected chi connectivity index (χ0v) is 13.4. The first kappa shape index (κ1) is 14.3. The van der Waals surface area contributed by atoms with Gasteiger partial charge in [-0.05, 0) is 44.1 Å². The van der Waals surface area contributed by atoms with Gasteiger partial charge in [-0.25, -0.2) is 0 Å². The standard InChI is InChI=1S/C15H20N4OS/c1-7(10-4-5-10)6-17-14(20)13-12(16)11-8(2)9(3)18-19-15(11)21-13/h7,10H,4-6,16H2,1-3H3,(H,17,20). The number of nitrogen functional groups attached to an aromatic ring is 1. The van der Waals surface area contributed by atoms with Crippen molar-refractivity contribution >= 4 is 33.1 Å². The summed E-state index contributed by atoms with van der Waals surface area (Å²) in [7, 11) is 0. The van der Waals surface area contributed by atoms with Gasteiger partial charge in [0.1, 0.15) is 9.71 Å². The van der Waals surface area contributed by atoms with Crippen LogP contribution < -0.4 is 11.1 Å². The maximum absolute atomic E-state index is 12.3. The summed E-state index contributed by atoms with van der Waals surface area (Å²) in [5, 5.41) is 12.1. The van der Waals surface area contributed by atoms with Crippen LogP contribution in [0.25, 0.3) is 10.2 Å². The molecule has 5 nitrogen and oxygen atoms in total. The zero-order chi connectivity index (χ0) is 15.1. The molecule has 1 atom stereocenters. The molecule has 21 heavy (non-hydrogen) atoms. The second kappa shape index (κ2) is 5.26. The molecule has 1 aliphatic rings. The molecule has 1 amide bonds. The highest BCUT2D eigenvalue weighted by atomic mass is 32.1. The molecule has 0 aliphatic heterocycles. The van der Waals surface area contributed by atoms with Crippen molar-refractivity contribution in [3.63, 3.8) is 0 Å². The topological polar surface area (TPSA) is 80.9 Å². The normalized spacial score (nSPS) is 16.1. The quantitative estimate of drug-likeness (QED) is 0.910. The molecule has 1 unspecified atom stereocenters. The highest BCUT2D eigenvalue weighted by molar-refractivity contribution is 7.21. The minimum atomic E-state index is -0.0972. The number of fused-ring (bicyclic) bond motifs is 1. The number of nitrogens with zero attached hydrogens (tertiary/aromatic N) is 2. The molecule has 0 radical (unpaired) electrons. The van der Waals surface area contributed by atoms with Gasteiger partial charge in [-0.2, -0.15) is 5.10 Å². The van der Waals surface area contributed by atoms with Crippen molar-refractivity contribution in [3.05, 3.63) is 16.1 Å². The Labute approximate surface area is 127 Å². The predicted octanol–water partition coefficient (Wildman–Crippen LogP) is 2.67. The molecule has 0 bridgehead atoms. The van der Waals surface area contributed by atoms with Crippen molar-refractivity contribution in [2.24, 2.45) is 11.8 Å². The molecule has 0 spiro atoms. The van der Waals surface area contributed by atoms with Crippen LogP contribution in [0, 0.1) is 25.7 Å². The Morgan fingerprint density at radius 3 is 2.81 bits per heavy atom. The van der Waals surface area contributed by atoms with Crippen molar-refractivity contribution in [1.29, 1.82) is 0 Å². The molecule has 2 aromatic heterocycles. The molecular formula is C15H20N4OS. The average molecular weight is 304 g/mol. The largest absolute Gasteiger partial charge is 0.397 e. The fraction of sp³-hybridized carbons (Fsp3) is 0.533. The maximum Gasteiger partial charge on any atom is 0.263 e. The molecule has 6 heteroatoms. The number of nitrogens with one attached hydrogen (secondary N) is 1. The minimum Gasteiger partial charge on any atom is -0.397 e. The second-order valence-electron chi connectivity index (χ2n) is 5.96. The van der Waals surface area contributed by atoms with E-state index < -0.39 is 0 Å². The monoisotopic (exact) mass is 304 g/mol. The van der Waals surface area contributed by atoms with Crippen molar-refractivity contribution in [3.8, 4) is 0 Å². The number of hydrogen-bond donors (Lipinski definition) is 2. The first-order chi connectivity index (χ1) is 9.99. The number of thiophene rings is 1. The van der Waals surface area contributed by atoms with Crippen LogP contribution in [0.1, 0.15) is 40.7 Å². The molecule has 2 heterocycles. The summed E-state index contributed by atoms with van der Waals surface area (Å²) in [6.45, 7) is 6.76. The number of amides is 1. The van der Waals surface area contributed by atoms with E-state index in [4.69, 9.17) is 5.73 Å². The summed E-state index contributed by atoms with van der Waals surface area (Å²) in [4.78, 5) is 13.6. The highest BCUT2D eigenvalue weighted by Gasteiger charge is 2.28. The van der Waals surface area contributed by atoms with Gasteiger partial charge in [0.25, 0.3) is 5.91 Å². The lowest BCUT2D eigenvalue weighted by atomic mass is 10.1. The SMILES string of the molecule is Cc1nnc2sc(C(=O)NCC(C)C3CC3)c(N)c2c1C. The predicted molar refractivity (Wildman–Crippen MR) is 85.5 cm³/mol. The number of carbonyl (C=O) groups is 1. The third-order valence-electron chi connectivity index (χ3n) is 4.35. The van der Waals surface area contributed by atoms with E-state index in [0.717, 1.165) is 27.4 Å². The Morgan fingerprint density at radius 2 is 2.14 bits per heavy atom. The van der Waals surface area contributed by atoms with Crippen molar-refractivity contribution in [2.45, 2.75) is 33.6 Å². The Kier molecular flexibility index (Phi) is 3.57. The fourth-order valence-electron chi connectivity index (χ4n) is 2.58. The van der Waals surface area contributed by atoms with Gasteiger partial charge >= 0.3 is 0 Å². The summed E-state index contributed by atoms with van der Waals surface area (Å²) in [6.07, 6.45) is 2.58. The first-order valence-electron chi connectivity index (χ1n) is 7.29. The molecular weight excluding hydrogens is 284 g/mol. The number of hydrogen-bond acceptors (Lipinski definition) is 5. The Bertz CT molecular complexity index is 705. The summed E-state index contributed by atoms with van der Waals surface area (Å²) in [5.41, 5.74) is 8.55. The lowest BCUT2D eigenvalue weighted by Gasteiger charge is -2.10. The van der Waals surface area contributed by atoms with Crippen LogP contribution in [-0.4, -0.2) is 22.6 Å². The summed E-state index contributed by atoms with van der Waals surface area (Å²) < 4.78 is 0. The van der Waals surface area contributed by atoms with E-state index in [1.165, 1.54) is 24.2 Å². The van der Waals surface area contributed by atoms with E-state index in [0.29, 0.717) is 23.0 Å². The van der Waals surface area contributed by atoms with Gasteiger partial charge in [-0.1, -0.05) is 6.92 Å². The first-order valence-corrected chi connectivity index (χ1v) is 8.10. The molecule has 0 aromatic carbocycles. The highest BCUT2D eigenvalue weighted by Crippen LogP contribution is 2.37. The van der Waals surface area contributed by atoms with Crippen LogP contribution in [0.3, 0.4) is 0 Å². The lowest BCUT2D eigenvalue weighted by Crippen LogP contribution is -2.28. The van der Waals surface area contributed by atoms with E-state index in [1.807, 2.05) is 13.8 Å². The molecule has 1 aliphatic carbocycles. The average Bonchev–Trinajstić information content (AvgIpc) is 3.25. The summed E-state index contributed by atoms with van der Waals surface area (Å²) >= 11 is 1.32. The number of aryl methyl sites for hydroxylation is 2. The summed E-state index contributed by atoms with van der Waals surface area (Å²) in [5.74, 6) is 1.22. The number of nitrogens with two attached hydrogens (primary N) is 1. The molecule has 1 saturated carbocycles. The van der Waals surface area contributed by atoms with Gasteiger partial charge in [0.15, 0.2) is 0 Å². The van der Waals surface area contributed by atoms with Crippen molar-refractivity contribution in [1.82, 2.24) is 15.5 Å². The van der Waals surface area contributed by atoms with E-state index in [2.05, 4.69) is 22.4 Å². The fourth-order valence-corrected chi connectivity index (χ4v) is 3.59. The van der Waals surface area contributed by atoms with Gasteiger partial charge in [-0.3, -0.25) is 4.79 Å². The lowest BCUT2D eigenvalue weighted by molar-refractivity contribution is 0.0951. The minimum absolute atomic E-state index is 0.0972. The molecule has 1 fully saturated rings. The van der Waals surface area contributed by atoms with Crippen molar-refractivity contribution < 1.29 is 4.79 Å².